The zero-order valence-corrected chi connectivity index (χ0v) is 11.4. The minimum Gasteiger partial charge on any atom is -0.397 e. The van der Waals surface area contributed by atoms with Crippen LogP contribution in [0.25, 0.3) is 0 Å². The first-order valence-electron chi connectivity index (χ1n) is 6.80. The number of amides is 2. The maximum absolute atomic E-state index is 11.9. The van der Waals surface area contributed by atoms with Crippen molar-refractivity contribution in [3.63, 3.8) is 0 Å². The number of rotatable bonds is 2. The molecule has 0 radical (unpaired) electrons. The van der Waals surface area contributed by atoms with Gasteiger partial charge < -0.3 is 21.3 Å². The molecule has 1 fully saturated rings. The highest BCUT2D eigenvalue weighted by Gasteiger charge is 2.32. The van der Waals surface area contributed by atoms with Crippen LogP contribution in [0.5, 0.6) is 0 Å². The van der Waals surface area contributed by atoms with Crippen LogP contribution in [0.3, 0.4) is 0 Å². The molecule has 4 N–H and O–H groups in total. The van der Waals surface area contributed by atoms with Crippen LogP contribution in [0, 0.1) is 0 Å². The van der Waals surface area contributed by atoms with E-state index in [1.165, 1.54) is 0 Å². The molecule has 0 bridgehead atoms. The molecular formula is C14H18N4O2. The van der Waals surface area contributed by atoms with Crippen LogP contribution in [0.15, 0.2) is 12.1 Å². The van der Waals surface area contributed by atoms with Crippen LogP contribution in [-0.2, 0) is 16.0 Å². The molecule has 2 aliphatic heterocycles. The lowest BCUT2D eigenvalue weighted by molar-refractivity contribution is -0.121. The number of nitrogen functional groups attached to an aromatic ring is 1. The number of anilines is 3. The summed E-state index contributed by atoms with van der Waals surface area (Å²) < 4.78 is 0. The first-order valence-corrected chi connectivity index (χ1v) is 6.80. The lowest BCUT2D eigenvalue weighted by Crippen LogP contribution is -2.42. The van der Waals surface area contributed by atoms with Crippen LogP contribution in [0.1, 0.15) is 18.4 Å². The van der Waals surface area contributed by atoms with Gasteiger partial charge in [-0.3, -0.25) is 9.59 Å². The van der Waals surface area contributed by atoms with E-state index in [9.17, 15) is 9.59 Å². The van der Waals surface area contributed by atoms with Gasteiger partial charge in [-0.15, -0.1) is 0 Å². The molecule has 1 saturated heterocycles. The van der Waals surface area contributed by atoms with Gasteiger partial charge in [0.2, 0.25) is 11.8 Å². The lowest BCUT2D eigenvalue weighted by Gasteiger charge is -2.27. The van der Waals surface area contributed by atoms with Gasteiger partial charge >= 0.3 is 0 Å². The zero-order chi connectivity index (χ0) is 14.3. The molecule has 6 nitrogen and oxygen atoms in total. The molecule has 1 aromatic rings. The van der Waals surface area contributed by atoms with E-state index in [4.69, 9.17) is 5.73 Å². The molecule has 3 rings (SSSR count). The number of hydrogen-bond donors (Lipinski definition) is 3. The third-order valence-electron chi connectivity index (χ3n) is 3.99. The maximum atomic E-state index is 11.9. The molecule has 0 aromatic heterocycles. The Balaban J connectivity index is 1.96. The number of carbonyl (C=O) groups excluding carboxylic acids is 2. The quantitative estimate of drug-likeness (QED) is 0.684. The van der Waals surface area contributed by atoms with Crippen molar-refractivity contribution in [3.05, 3.63) is 17.7 Å². The summed E-state index contributed by atoms with van der Waals surface area (Å²) in [4.78, 5) is 25.4. The number of hydrogen-bond acceptors (Lipinski definition) is 4. The first kappa shape index (κ1) is 12.8. The summed E-state index contributed by atoms with van der Waals surface area (Å²) in [5.41, 5.74) is 9.29. The molecule has 2 heterocycles. The van der Waals surface area contributed by atoms with Crippen molar-refractivity contribution in [1.82, 2.24) is 5.32 Å². The Hall–Kier alpha value is -2.24. The normalized spacial score (nSPS) is 20.8. The van der Waals surface area contributed by atoms with Crippen LogP contribution in [0.2, 0.25) is 0 Å². The standard InChI is InChI=1S/C14H18N4O2/c1-16-14(20)11-3-2-4-18(11)12-7-10-8(5-9(12)15)6-13(19)17-10/h5,7,11H,2-4,6,15H2,1H3,(H,16,20)(H,17,19). The first-order chi connectivity index (χ1) is 9.60. The number of benzene rings is 1. The summed E-state index contributed by atoms with van der Waals surface area (Å²) in [5.74, 6) is -0.00717. The SMILES string of the molecule is CNC(=O)C1CCCN1c1cc2c(cc1N)CC(=O)N2. The van der Waals surface area contributed by atoms with Crippen molar-refractivity contribution in [2.75, 3.05) is 29.5 Å². The number of carbonyl (C=O) groups is 2. The van der Waals surface area contributed by atoms with Gasteiger partial charge in [-0.25, -0.2) is 0 Å². The van der Waals surface area contributed by atoms with Crippen molar-refractivity contribution in [2.45, 2.75) is 25.3 Å². The molecule has 1 aromatic carbocycles. The fraction of sp³-hybridized carbons (Fsp3) is 0.429. The van der Waals surface area contributed by atoms with Gasteiger partial charge in [0.25, 0.3) is 0 Å². The molecule has 106 valence electrons. The molecule has 1 atom stereocenters. The van der Waals surface area contributed by atoms with Gasteiger partial charge in [-0.2, -0.15) is 0 Å². The second-order valence-corrected chi connectivity index (χ2v) is 5.26. The molecule has 0 aliphatic carbocycles. The monoisotopic (exact) mass is 274 g/mol. The van der Waals surface area contributed by atoms with E-state index in [0.29, 0.717) is 12.1 Å². The van der Waals surface area contributed by atoms with Crippen LogP contribution >= 0.6 is 0 Å². The van der Waals surface area contributed by atoms with Crippen molar-refractivity contribution in [3.8, 4) is 0 Å². The Morgan fingerprint density at radius 3 is 3.05 bits per heavy atom. The van der Waals surface area contributed by atoms with E-state index in [1.54, 1.807) is 7.05 Å². The van der Waals surface area contributed by atoms with E-state index in [1.807, 2.05) is 17.0 Å². The van der Waals surface area contributed by atoms with E-state index in [-0.39, 0.29) is 17.9 Å². The highest BCUT2D eigenvalue weighted by Crippen LogP contribution is 2.36. The number of likely N-dealkylation sites (N-methyl/N-ethyl adjacent to an activating group) is 1. The highest BCUT2D eigenvalue weighted by atomic mass is 16.2. The Morgan fingerprint density at radius 2 is 2.30 bits per heavy atom. The number of fused-ring (bicyclic) bond motifs is 1. The second-order valence-electron chi connectivity index (χ2n) is 5.26. The fourth-order valence-corrected chi connectivity index (χ4v) is 3.03. The highest BCUT2D eigenvalue weighted by molar-refractivity contribution is 6.01. The molecule has 6 heteroatoms. The van der Waals surface area contributed by atoms with E-state index >= 15 is 0 Å². The molecular weight excluding hydrogens is 256 g/mol. The molecule has 2 amide bonds. The summed E-state index contributed by atoms with van der Waals surface area (Å²) in [6.45, 7) is 0.801. The molecule has 0 spiro atoms. The molecule has 2 aliphatic rings. The van der Waals surface area contributed by atoms with Gasteiger partial charge in [0.05, 0.1) is 17.8 Å². The zero-order valence-electron chi connectivity index (χ0n) is 11.4. The van der Waals surface area contributed by atoms with E-state index < -0.39 is 0 Å². The maximum Gasteiger partial charge on any atom is 0.242 e. The lowest BCUT2D eigenvalue weighted by atomic mass is 10.1. The van der Waals surface area contributed by atoms with Gasteiger partial charge in [0.1, 0.15) is 6.04 Å². The van der Waals surface area contributed by atoms with E-state index in [2.05, 4.69) is 10.6 Å². The molecule has 1 unspecified atom stereocenters. The Kier molecular flexibility index (Phi) is 3.00. The third kappa shape index (κ3) is 1.97. The van der Waals surface area contributed by atoms with Crippen molar-refractivity contribution < 1.29 is 9.59 Å². The summed E-state index contributed by atoms with van der Waals surface area (Å²) in [5, 5.41) is 5.52. The minimum atomic E-state index is -0.183. The van der Waals surface area contributed by atoms with Crippen molar-refractivity contribution >= 4 is 28.9 Å². The fourth-order valence-electron chi connectivity index (χ4n) is 3.03. The Morgan fingerprint density at radius 1 is 1.50 bits per heavy atom. The van der Waals surface area contributed by atoms with Crippen LogP contribution in [0.4, 0.5) is 17.1 Å². The van der Waals surface area contributed by atoms with Gasteiger partial charge in [-0.05, 0) is 30.5 Å². The van der Waals surface area contributed by atoms with Gasteiger partial charge in [0, 0.05) is 19.3 Å². The van der Waals surface area contributed by atoms with Gasteiger partial charge in [-0.1, -0.05) is 0 Å². The smallest absolute Gasteiger partial charge is 0.242 e. The predicted molar refractivity (Wildman–Crippen MR) is 77.6 cm³/mol. The largest absolute Gasteiger partial charge is 0.397 e. The topological polar surface area (TPSA) is 87.5 Å². The number of nitrogens with zero attached hydrogens (tertiary/aromatic N) is 1. The summed E-state index contributed by atoms with van der Waals surface area (Å²) >= 11 is 0. The Labute approximate surface area is 117 Å². The molecule has 0 saturated carbocycles. The summed E-state index contributed by atoms with van der Waals surface area (Å²) in [6, 6.07) is 3.54. The average Bonchev–Trinajstić information content (AvgIpc) is 3.01. The number of nitrogens with one attached hydrogen (secondary N) is 2. The predicted octanol–water partition coefficient (Wildman–Crippen LogP) is 0.478. The van der Waals surface area contributed by atoms with Crippen LogP contribution < -0.4 is 21.3 Å². The van der Waals surface area contributed by atoms with Gasteiger partial charge in [0.15, 0.2) is 0 Å². The average molecular weight is 274 g/mol. The second kappa shape index (κ2) is 4.70. The summed E-state index contributed by atoms with van der Waals surface area (Å²) in [6.07, 6.45) is 2.15. The Bertz CT molecular complexity index is 585. The van der Waals surface area contributed by atoms with Crippen molar-refractivity contribution in [2.24, 2.45) is 0 Å². The van der Waals surface area contributed by atoms with E-state index in [0.717, 1.165) is 36.3 Å². The number of nitrogens with two attached hydrogens (primary N) is 1. The third-order valence-corrected chi connectivity index (χ3v) is 3.99. The minimum absolute atomic E-state index is 0.00596. The molecule has 20 heavy (non-hydrogen) atoms. The van der Waals surface area contributed by atoms with Crippen LogP contribution in [-0.4, -0.2) is 31.4 Å². The van der Waals surface area contributed by atoms with Crippen molar-refractivity contribution in [1.29, 1.82) is 0 Å². The summed E-state index contributed by atoms with van der Waals surface area (Å²) in [7, 11) is 1.64.